The molecule has 2 saturated carbocycles. The van der Waals surface area contributed by atoms with E-state index in [4.69, 9.17) is 18.9 Å². The number of esters is 2. The topological polar surface area (TPSA) is 159 Å². The van der Waals surface area contributed by atoms with Gasteiger partial charge in [0.25, 0.3) is 5.91 Å². The van der Waals surface area contributed by atoms with Gasteiger partial charge in [0.2, 0.25) is 6.79 Å². The van der Waals surface area contributed by atoms with Gasteiger partial charge in [0.15, 0.2) is 12.0 Å². The number of rotatable bonds is 12. The second-order valence-corrected chi connectivity index (χ2v) is 14.7. The third-order valence-corrected chi connectivity index (χ3v) is 8.23. The molecule has 2 N–H and O–H groups in total. The van der Waals surface area contributed by atoms with Gasteiger partial charge in [0, 0.05) is 23.2 Å². The molecule has 1 heterocycles. The lowest BCUT2D eigenvalue weighted by Gasteiger charge is -2.19. The molecule has 0 radical (unpaired) electrons. The number of aldehydes is 1. The lowest BCUT2D eigenvalue weighted by Crippen LogP contribution is -2.36. The van der Waals surface area contributed by atoms with Gasteiger partial charge >= 0.3 is 18.0 Å². The molecule has 0 bridgehead atoms. The number of alkyl carbamates (subject to hydrolysis) is 1. The Labute approximate surface area is 351 Å². The fourth-order valence-electron chi connectivity index (χ4n) is 5.21. The molecular weight excluding hydrogens is 751 g/mol. The molecule has 0 atom stereocenters. The Bertz CT molecular complexity index is 1730. The van der Waals surface area contributed by atoms with Crippen LogP contribution in [0.3, 0.4) is 0 Å². The molecule has 3 aromatic rings. The maximum Gasteiger partial charge on any atom is 0.408 e. The summed E-state index contributed by atoms with van der Waals surface area (Å²) in [6, 6.07) is 16.3. The number of nitrogens with zero attached hydrogens (tertiary/aromatic N) is 1. The highest BCUT2D eigenvalue weighted by Gasteiger charge is 2.25. The summed E-state index contributed by atoms with van der Waals surface area (Å²) in [6.07, 6.45) is 13.6. The Kier molecular flexibility index (Phi) is 25.1. The largest absolute Gasteiger partial charge is 0.496 e. The smallest absolute Gasteiger partial charge is 0.408 e. The van der Waals surface area contributed by atoms with Gasteiger partial charge in [-0.3, -0.25) is 14.4 Å². The molecule has 2 amide bonds. The summed E-state index contributed by atoms with van der Waals surface area (Å²) in [5, 5.41) is 5.01. The molecule has 0 unspecified atom stereocenters. The number of hydrogen-bond donors (Lipinski definition) is 2. The zero-order valence-electron chi connectivity index (χ0n) is 36.7. The number of carbonyl (C=O) groups is 5. The van der Waals surface area contributed by atoms with E-state index in [1.165, 1.54) is 75.8 Å². The van der Waals surface area contributed by atoms with Crippen molar-refractivity contribution in [2.45, 2.75) is 119 Å². The molecule has 1 aromatic heterocycles. The normalized spacial score (nSPS) is 12.6. The molecule has 12 nitrogen and oxygen atoms in total. The van der Waals surface area contributed by atoms with E-state index in [-0.39, 0.29) is 22.5 Å². The maximum absolute atomic E-state index is 13.1. The number of amides is 2. The lowest BCUT2D eigenvalue weighted by atomic mass is 9.95. The predicted molar refractivity (Wildman–Crippen MR) is 234 cm³/mol. The van der Waals surface area contributed by atoms with E-state index in [1.54, 1.807) is 32.9 Å². The SMILES string of the molecule is C1CCCCC1.C=Cc1cc(C=O)c(-c2ccc(C(=O)NCC3CC3)nc2C(=O)OCOC(=O)CNC(=O)OC(C)(C)C)cc1OC.CC.CCC.Cc1ccccc1. The minimum Gasteiger partial charge on any atom is -0.496 e. The number of ether oxygens (including phenoxy) is 4. The van der Waals surface area contributed by atoms with Gasteiger partial charge in [-0.15, -0.1) is 0 Å². The van der Waals surface area contributed by atoms with Crippen LogP contribution in [0.25, 0.3) is 17.2 Å². The molecule has 59 heavy (non-hydrogen) atoms. The van der Waals surface area contributed by atoms with Crippen LogP contribution in [0, 0.1) is 12.8 Å². The third-order valence-electron chi connectivity index (χ3n) is 8.23. The molecule has 0 aliphatic heterocycles. The first-order valence-electron chi connectivity index (χ1n) is 20.7. The van der Waals surface area contributed by atoms with Crippen molar-refractivity contribution in [3.63, 3.8) is 0 Å². The van der Waals surface area contributed by atoms with Gasteiger partial charge in [-0.25, -0.2) is 14.6 Å². The van der Waals surface area contributed by atoms with Gasteiger partial charge in [-0.05, 0) is 76.3 Å². The van der Waals surface area contributed by atoms with Crippen LogP contribution < -0.4 is 15.4 Å². The average Bonchev–Trinajstić information content (AvgIpc) is 4.08. The van der Waals surface area contributed by atoms with Gasteiger partial charge in [-0.1, -0.05) is 121 Å². The van der Waals surface area contributed by atoms with E-state index in [0.717, 1.165) is 12.8 Å². The van der Waals surface area contributed by atoms with Crippen molar-refractivity contribution in [3.05, 3.63) is 89.3 Å². The van der Waals surface area contributed by atoms with Gasteiger partial charge in [0.1, 0.15) is 23.6 Å². The summed E-state index contributed by atoms with van der Waals surface area (Å²) in [7, 11) is 1.44. The van der Waals surface area contributed by atoms with E-state index in [0.29, 0.717) is 35.6 Å². The van der Waals surface area contributed by atoms with E-state index in [1.807, 2.05) is 32.0 Å². The lowest BCUT2D eigenvalue weighted by molar-refractivity contribution is -0.151. The van der Waals surface area contributed by atoms with Crippen molar-refractivity contribution in [2.75, 3.05) is 27.0 Å². The van der Waals surface area contributed by atoms with Crippen molar-refractivity contribution < 1.29 is 42.9 Å². The molecule has 0 saturated heterocycles. The fourth-order valence-corrected chi connectivity index (χ4v) is 5.21. The standard InChI is InChI=1S/C29H33N3O9.C7H8.C6H12.C3H8.C2H6/c1-6-18-11-19(15-33)21(12-23(18)38-5)20-9-10-22(26(35)30-13-17-7-8-17)32-25(20)27(36)40-16-39-24(34)14-31-28(37)41-29(2,3)4;1-7-5-3-2-4-6-7;1-2-4-6-5-3-1;1-3-2;1-2/h6,9-12,15,17H,1,7-8,13-14,16H2,2-5H3,(H,30,35)(H,31,37);2-6H,1H3;1-6H2;3H2,1-2H3;1-2H3. The number of benzene rings is 2. The van der Waals surface area contributed by atoms with Crippen LogP contribution in [0.4, 0.5) is 4.79 Å². The first-order valence-corrected chi connectivity index (χ1v) is 20.7. The average molecular weight is 818 g/mol. The number of aryl methyl sites for hydroxylation is 1. The highest BCUT2D eigenvalue weighted by Crippen LogP contribution is 2.33. The molecule has 5 rings (SSSR count). The summed E-state index contributed by atoms with van der Waals surface area (Å²) < 4.78 is 20.4. The number of carbonyl (C=O) groups excluding carboxylic acids is 5. The van der Waals surface area contributed by atoms with Crippen LogP contribution in [0.15, 0.2) is 61.2 Å². The maximum atomic E-state index is 13.1. The zero-order valence-corrected chi connectivity index (χ0v) is 36.7. The Morgan fingerprint density at radius 2 is 1.44 bits per heavy atom. The van der Waals surface area contributed by atoms with Crippen LogP contribution in [-0.4, -0.2) is 67.8 Å². The number of pyridine rings is 1. The van der Waals surface area contributed by atoms with Crippen LogP contribution >= 0.6 is 0 Å². The van der Waals surface area contributed by atoms with Gasteiger partial charge in [0.05, 0.1) is 7.11 Å². The van der Waals surface area contributed by atoms with Crippen molar-refractivity contribution in [3.8, 4) is 16.9 Å². The molecule has 2 aromatic carbocycles. The highest BCUT2D eigenvalue weighted by atomic mass is 16.7. The Balaban J connectivity index is 0.000000794. The highest BCUT2D eigenvalue weighted by molar-refractivity contribution is 6.01. The van der Waals surface area contributed by atoms with Crippen LogP contribution in [0.2, 0.25) is 0 Å². The summed E-state index contributed by atoms with van der Waals surface area (Å²) in [6.45, 7) is 18.2. The first-order chi connectivity index (χ1) is 28.3. The molecule has 2 aliphatic rings. The number of aromatic nitrogens is 1. The first kappa shape index (κ1) is 51.5. The summed E-state index contributed by atoms with van der Waals surface area (Å²) >= 11 is 0. The Morgan fingerprint density at radius 1 is 0.847 bits per heavy atom. The summed E-state index contributed by atoms with van der Waals surface area (Å²) in [5.41, 5.74) is 1.49. The van der Waals surface area contributed by atoms with Crippen molar-refractivity contribution in [1.82, 2.24) is 15.6 Å². The van der Waals surface area contributed by atoms with E-state index < -0.39 is 42.9 Å². The second kappa shape index (κ2) is 28.8. The van der Waals surface area contributed by atoms with Crippen molar-refractivity contribution >= 4 is 36.3 Å². The van der Waals surface area contributed by atoms with Crippen molar-refractivity contribution in [2.24, 2.45) is 5.92 Å². The molecule has 0 spiro atoms. The number of nitrogens with one attached hydrogen (secondary N) is 2. The summed E-state index contributed by atoms with van der Waals surface area (Å²) in [4.78, 5) is 65.7. The minimum atomic E-state index is -1.02. The summed E-state index contributed by atoms with van der Waals surface area (Å²) in [5.74, 6) is -1.58. The number of methoxy groups -OCH3 is 1. The quantitative estimate of drug-likeness (QED) is 0.102. The van der Waals surface area contributed by atoms with E-state index in [2.05, 4.69) is 55.1 Å². The number of hydrogen-bond acceptors (Lipinski definition) is 10. The fraction of sp³-hybridized carbons (Fsp3) is 0.489. The molecule has 2 aliphatic carbocycles. The van der Waals surface area contributed by atoms with E-state index in [9.17, 15) is 24.0 Å². The van der Waals surface area contributed by atoms with Gasteiger partial charge < -0.3 is 29.6 Å². The van der Waals surface area contributed by atoms with Gasteiger partial charge in [-0.2, -0.15) is 0 Å². The molecular formula is C47H67N3O9. The Morgan fingerprint density at radius 3 is 1.92 bits per heavy atom. The van der Waals surface area contributed by atoms with E-state index >= 15 is 0 Å². The second-order valence-electron chi connectivity index (χ2n) is 14.7. The monoisotopic (exact) mass is 817 g/mol. The Hall–Kier alpha value is -5.52. The van der Waals surface area contributed by atoms with Crippen molar-refractivity contribution in [1.29, 1.82) is 0 Å². The molecule has 2 fully saturated rings. The van der Waals surface area contributed by atoms with Crippen LogP contribution in [-0.2, 0) is 19.0 Å². The zero-order chi connectivity index (χ0) is 44.2. The molecule has 324 valence electrons. The predicted octanol–water partition coefficient (Wildman–Crippen LogP) is 10.3. The van der Waals surface area contributed by atoms with Crippen LogP contribution in [0.5, 0.6) is 5.75 Å². The third kappa shape index (κ3) is 21.2. The van der Waals surface area contributed by atoms with Crippen LogP contribution in [0.1, 0.15) is 149 Å². The minimum absolute atomic E-state index is 0.0396. The molecule has 12 heteroatoms.